The van der Waals surface area contributed by atoms with E-state index in [0.717, 1.165) is 19.3 Å². The van der Waals surface area contributed by atoms with Gasteiger partial charge in [0.15, 0.2) is 5.82 Å². The van der Waals surface area contributed by atoms with Crippen LogP contribution in [0, 0.1) is 6.92 Å². The molecule has 1 amide bonds. The van der Waals surface area contributed by atoms with Crippen molar-refractivity contribution in [2.24, 2.45) is 5.10 Å². The van der Waals surface area contributed by atoms with E-state index in [1.807, 2.05) is 0 Å². The third-order valence-corrected chi connectivity index (χ3v) is 5.71. The van der Waals surface area contributed by atoms with Crippen molar-refractivity contribution in [1.29, 1.82) is 0 Å². The number of aromatic nitrogens is 1. The predicted molar refractivity (Wildman–Crippen MR) is 97.8 cm³/mol. The first-order chi connectivity index (χ1) is 12.4. The quantitative estimate of drug-likeness (QED) is 0.614. The van der Waals surface area contributed by atoms with Crippen molar-refractivity contribution in [1.82, 2.24) is 5.16 Å². The van der Waals surface area contributed by atoms with Crippen LogP contribution in [0.4, 0.5) is 11.5 Å². The summed E-state index contributed by atoms with van der Waals surface area (Å²) in [7, 11) is -4.02. The van der Waals surface area contributed by atoms with Gasteiger partial charge in [0.1, 0.15) is 5.76 Å². The summed E-state index contributed by atoms with van der Waals surface area (Å²) in [5, 5.41) is 6.98. The molecule has 1 aliphatic rings. The van der Waals surface area contributed by atoms with Crippen molar-refractivity contribution in [3.8, 4) is 0 Å². The van der Waals surface area contributed by atoms with Gasteiger partial charge in [0, 0.05) is 12.6 Å². The maximum atomic E-state index is 12.9. The van der Waals surface area contributed by atoms with Crippen LogP contribution >= 0.6 is 0 Å². The molecule has 26 heavy (non-hydrogen) atoms. The van der Waals surface area contributed by atoms with Gasteiger partial charge in [0.2, 0.25) is 14.9 Å². The number of amides is 1. The lowest BCUT2D eigenvalue weighted by Crippen LogP contribution is -2.45. The summed E-state index contributed by atoms with van der Waals surface area (Å²) in [4.78, 5) is 14.4. The third-order valence-electron chi connectivity index (χ3n) is 4.01. The average Bonchev–Trinajstić information content (AvgIpc) is 3.03. The first-order valence-electron chi connectivity index (χ1n) is 8.38. The Balaban J connectivity index is 2.00. The van der Waals surface area contributed by atoms with Gasteiger partial charge in [-0.25, -0.2) is 8.42 Å². The molecule has 0 bridgehead atoms. The van der Waals surface area contributed by atoms with Gasteiger partial charge in [-0.3, -0.25) is 10.2 Å². The zero-order valence-corrected chi connectivity index (χ0v) is 15.4. The molecule has 1 aromatic carbocycles. The number of hydrazone groups is 1. The molecule has 2 heterocycles. The molecule has 2 aromatic rings. The van der Waals surface area contributed by atoms with Gasteiger partial charge in [0.25, 0.3) is 5.91 Å². The molecular weight excluding hydrogens is 356 g/mol. The highest BCUT2D eigenvalue weighted by Crippen LogP contribution is 2.32. The number of benzene rings is 1. The number of anilines is 2. The van der Waals surface area contributed by atoms with E-state index in [1.54, 1.807) is 31.2 Å². The first kappa shape index (κ1) is 18.1. The van der Waals surface area contributed by atoms with E-state index in [9.17, 15) is 13.2 Å². The van der Waals surface area contributed by atoms with E-state index in [-0.39, 0.29) is 10.7 Å². The molecule has 0 saturated heterocycles. The van der Waals surface area contributed by atoms with Crippen molar-refractivity contribution in [2.45, 2.75) is 38.0 Å². The molecule has 1 N–H and O–H groups in total. The summed E-state index contributed by atoms with van der Waals surface area (Å²) in [6, 6.07) is 8.02. The second-order valence-corrected chi connectivity index (χ2v) is 7.82. The van der Waals surface area contributed by atoms with Gasteiger partial charge in [-0.15, -0.1) is 0 Å². The lowest BCUT2D eigenvalue weighted by molar-refractivity contribution is -0.112. The van der Waals surface area contributed by atoms with E-state index in [0.29, 0.717) is 18.0 Å². The van der Waals surface area contributed by atoms with Crippen molar-refractivity contribution < 1.29 is 17.7 Å². The number of para-hydroxylation sites is 1. The van der Waals surface area contributed by atoms with Crippen molar-refractivity contribution in [3.05, 3.63) is 36.1 Å². The van der Waals surface area contributed by atoms with Crippen LogP contribution in [0.3, 0.4) is 0 Å². The Bertz CT molecular complexity index is 949. The van der Waals surface area contributed by atoms with Gasteiger partial charge >= 0.3 is 0 Å². The highest BCUT2D eigenvalue weighted by Gasteiger charge is 2.41. The first-order valence-corrected chi connectivity index (χ1v) is 9.86. The lowest BCUT2D eigenvalue weighted by Gasteiger charge is -2.29. The minimum Gasteiger partial charge on any atom is -0.359 e. The van der Waals surface area contributed by atoms with Crippen LogP contribution in [0.1, 0.15) is 31.9 Å². The predicted octanol–water partition coefficient (Wildman–Crippen LogP) is 2.72. The molecule has 0 fully saturated rings. The zero-order chi connectivity index (χ0) is 18.7. The number of carbonyl (C=O) groups excluding carboxylic acids is 1. The Kier molecular flexibility index (Phi) is 5.08. The summed E-state index contributed by atoms with van der Waals surface area (Å²) in [5.41, 5.74) is 2.89. The Hall–Kier alpha value is -2.68. The second-order valence-electron chi connectivity index (χ2n) is 5.99. The fourth-order valence-electron chi connectivity index (χ4n) is 2.73. The van der Waals surface area contributed by atoms with E-state index in [2.05, 4.69) is 22.6 Å². The average molecular weight is 376 g/mol. The smallest absolute Gasteiger partial charge is 0.290 e. The number of rotatable bonds is 6. The number of sulfone groups is 1. The van der Waals surface area contributed by atoms with Crippen LogP contribution in [-0.2, 0) is 14.6 Å². The standard InChI is InChI=1S/C17H20N4O4S/c1-3-4-7-10-21-13-8-5-6-9-14(13)26(23,24)16(17(21)22)19-18-15-11-12(2)25-20-15/h5-6,8-9,11H,3-4,7,10H2,1-2H3,(H,18,20). The summed E-state index contributed by atoms with van der Waals surface area (Å²) < 4.78 is 30.6. The molecule has 8 nitrogen and oxygen atoms in total. The summed E-state index contributed by atoms with van der Waals surface area (Å²) in [6.07, 6.45) is 2.72. The van der Waals surface area contributed by atoms with Crippen LogP contribution < -0.4 is 10.3 Å². The van der Waals surface area contributed by atoms with Crippen LogP contribution in [0.5, 0.6) is 0 Å². The summed E-state index contributed by atoms with van der Waals surface area (Å²) >= 11 is 0. The molecule has 0 aliphatic carbocycles. The van der Waals surface area contributed by atoms with E-state index < -0.39 is 20.8 Å². The molecule has 138 valence electrons. The minimum atomic E-state index is -4.02. The van der Waals surface area contributed by atoms with Crippen molar-refractivity contribution in [3.63, 3.8) is 0 Å². The van der Waals surface area contributed by atoms with Crippen LogP contribution in [0.2, 0.25) is 0 Å². The number of hydrogen-bond donors (Lipinski definition) is 1. The van der Waals surface area contributed by atoms with Crippen LogP contribution in [0.15, 0.2) is 44.9 Å². The van der Waals surface area contributed by atoms with Gasteiger partial charge < -0.3 is 9.42 Å². The number of hydrogen-bond acceptors (Lipinski definition) is 7. The minimum absolute atomic E-state index is 0.0768. The van der Waals surface area contributed by atoms with E-state index in [1.165, 1.54) is 11.0 Å². The van der Waals surface area contributed by atoms with Crippen LogP contribution in [-0.4, -0.2) is 31.1 Å². The number of fused-ring (bicyclic) bond motifs is 1. The molecule has 0 atom stereocenters. The lowest BCUT2D eigenvalue weighted by atomic mass is 10.2. The highest BCUT2D eigenvalue weighted by atomic mass is 32.2. The largest absolute Gasteiger partial charge is 0.359 e. The monoisotopic (exact) mass is 376 g/mol. The van der Waals surface area contributed by atoms with Gasteiger partial charge in [-0.1, -0.05) is 37.1 Å². The number of carbonyl (C=O) groups is 1. The number of nitrogens with zero attached hydrogens (tertiary/aromatic N) is 3. The summed E-state index contributed by atoms with van der Waals surface area (Å²) in [6.45, 7) is 4.19. The number of nitrogens with one attached hydrogen (secondary N) is 1. The molecule has 1 aromatic heterocycles. The maximum Gasteiger partial charge on any atom is 0.290 e. The molecule has 1 aliphatic heterocycles. The summed E-state index contributed by atoms with van der Waals surface area (Å²) in [5.74, 6) is 0.124. The normalized spacial score (nSPS) is 17.4. The van der Waals surface area contributed by atoms with E-state index >= 15 is 0 Å². The molecule has 0 unspecified atom stereocenters. The molecule has 9 heteroatoms. The Morgan fingerprint density at radius 1 is 1.27 bits per heavy atom. The molecular formula is C17H20N4O4S. The van der Waals surface area contributed by atoms with Gasteiger partial charge in [0.05, 0.1) is 10.6 Å². The number of aryl methyl sites for hydroxylation is 1. The Morgan fingerprint density at radius 2 is 2.04 bits per heavy atom. The molecule has 3 rings (SSSR count). The maximum absolute atomic E-state index is 12.9. The zero-order valence-electron chi connectivity index (χ0n) is 14.6. The second kappa shape index (κ2) is 7.28. The topological polar surface area (TPSA) is 105 Å². The molecule has 0 radical (unpaired) electrons. The highest BCUT2D eigenvalue weighted by molar-refractivity contribution is 8.08. The number of unbranched alkanes of at least 4 members (excludes halogenated alkanes) is 2. The fourth-order valence-corrected chi connectivity index (χ4v) is 4.15. The molecule has 0 spiro atoms. The van der Waals surface area contributed by atoms with E-state index in [4.69, 9.17) is 4.52 Å². The van der Waals surface area contributed by atoms with Gasteiger partial charge in [-0.2, -0.15) is 5.10 Å². The Labute approximate surface area is 151 Å². The van der Waals surface area contributed by atoms with Gasteiger partial charge in [-0.05, 0) is 25.5 Å². The fraction of sp³-hybridized carbons (Fsp3) is 0.353. The van der Waals surface area contributed by atoms with Crippen molar-refractivity contribution >= 4 is 32.3 Å². The van der Waals surface area contributed by atoms with Crippen LogP contribution in [0.25, 0.3) is 0 Å². The Morgan fingerprint density at radius 3 is 2.73 bits per heavy atom. The third kappa shape index (κ3) is 3.34. The van der Waals surface area contributed by atoms with Crippen molar-refractivity contribution in [2.75, 3.05) is 16.9 Å². The molecule has 0 saturated carbocycles. The SMILES string of the molecule is CCCCCN1C(=O)C(=NNc2cc(C)on2)S(=O)(=O)c2ccccc21.